The van der Waals surface area contributed by atoms with Crippen LogP contribution in [0.3, 0.4) is 0 Å². The average Bonchev–Trinajstić information content (AvgIpc) is 3.55. The summed E-state index contributed by atoms with van der Waals surface area (Å²) in [5.41, 5.74) is 2.13. The van der Waals surface area contributed by atoms with Gasteiger partial charge in [-0.05, 0) is 56.0 Å². The van der Waals surface area contributed by atoms with Crippen LogP contribution >= 0.6 is 0 Å². The van der Waals surface area contributed by atoms with Gasteiger partial charge in [-0.2, -0.15) is 0 Å². The first-order chi connectivity index (χ1) is 19.5. The monoisotopic (exact) mass is 550 g/mol. The number of halogens is 1. The van der Waals surface area contributed by atoms with E-state index >= 15 is 0 Å². The molecule has 4 aromatic rings. The highest BCUT2D eigenvalue weighted by Crippen LogP contribution is 2.31. The van der Waals surface area contributed by atoms with Crippen LogP contribution in [-0.2, 0) is 6.61 Å². The molecule has 2 aromatic heterocycles. The molecule has 2 fully saturated rings. The lowest BCUT2D eigenvalue weighted by atomic mass is 10.1. The summed E-state index contributed by atoms with van der Waals surface area (Å²) < 4.78 is 30.8. The Labute approximate surface area is 231 Å². The van der Waals surface area contributed by atoms with Crippen LogP contribution in [0.15, 0.2) is 53.1 Å². The van der Waals surface area contributed by atoms with E-state index < -0.39 is 6.09 Å². The molecule has 0 bridgehead atoms. The predicted octanol–water partition coefficient (Wildman–Crippen LogP) is 4.64. The summed E-state index contributed by atoms with van der Waals surface area (Å²) in [5, 5.41) is 14.1. The number of ether oxygens (including phenoxy) is 2. The lowest BCUT2D eigenvalue weighted by molar-refractivity contribution is 0.0739. The molecule has 1 amide bonds. The fourth-order valence-electron chi connectivity index (χ4n) is 5.63. The number of carbonyl (C=O) groups excluding carboxylic acids is 1. The third-order valence-corrected chi connectivity index (χ3v) is 8.00. The number of aliphatic hydroxyl groups excluding tert-OH is 1. The third-order valence-electron chi connectivity index (χ3n) is 8.00. The number of amides is 1. The molecule has 3 N–H and O–H groups in total. The van der Waals surface area contributed by atoms with Gasteiger partial charge in [-0.3, -0.25) is 0 Å². The number of hydrogen-bond acceptors (Lipinski definition) is 7. The summed E-state index contributed by atoms with van der Waals surface area (Å²) in [4.78, 5) is 20.6. The van der Waals surface area contributed by atoms with Gasteiger partial charge in [-0.25, -0.2) is 9.18 Å². The van der Waals surface area contributed by atoms with E-state index in [0.29, 0.717) is 22.6 Å². The number of piperidine rings is 2. The number of aliphatic hydroxyl groups is 1. The van der Waals surface area contributed by atoms with Crippen LogP contribution in [0, 0.1) is 5.82 Å². The maximum Gasteiger partial charge on any atom is 0.414 e. The first kappa shape index (κ1) is 26.6. The van der Waals surface area contributed by atoms with Crippen molar-refractivity contribution >= 4 is 28.0 Å². The lowest BCUT2D eigenvalue weighted by Crippen LogP contribution is -2.47. The SMILES string of the molecule is O=C(NC1CCN(CCN2CCC(O)CC2)CC1)Oc1cc2c(OCc3coc4ccc(F)cc34)cccc2[nH]1. The maximum atomic E-state index is 13.7. The number of fused-ring (bicyclic) bond motifs is 2. The maximum absolute atomic E-state index is 13.7. The van der Waals surface area contributed by atoms with E-state index in [-0.39, 0.29) is 24.6 Å². The molecule has 0 unspecified atom stereocenters. The average molecular weight is 551 g/mol. The highest BCUT2D eigenvalue weighted by molar-refractivity contribution is 5.88. The molecule has 4 heterocycles. The zero-order valence-electron chi connectivity index (χ0n) is 22.4. The largest absolute Gasteiger partial charge is 0.488 e. The van der Waals surface area contributed by atoms with E-state index in [2.05, 4.69) is 20.1 Å². The van der Waals surface area contributed by atoms with Crippen molar-refractivity contribution < 1.29 is 28.2 Å². The molecule has 0 radical (unpaired) electrons. The summed E-state index contributed by atoms with van der Waals surface area (Å²) in [6.45, 7) is 6.05. The molecular formula is C30H35FN4O5. The van der Waals surface area contributed by atoms with Crippen LogP contribution in [0.25, 0.3) is 21.9 Å². The predicted molar refractivity (Wildman–Crippen MR) is 149 cm³/mol. The van der Waals surface area contributed by atoms with Crippen LogP contribution in [-0.4, -0.2) is 77.4 Å². The van der Waals surface area contributed by atoms with Crippen LogP contribution < -0.4 is 14.8 Å². The van der Waals surface area contributed by atoms with Gasteiger partial charge in [0.25, 0.3) is 0 Å². The number of aromatic nitrogens is 1. The van der Waals surface area contributed by atoms with Crippen molar-refractivity contribution in [2.24, 2.45) is 0 Å². The van der Waals surface area contributed by atoms with Gasteiger partial charge in [0, 0.05) is 67.7 Å². The van der Waals surface area contributed by atoms with Crippen molar-refractivity contribution in [1.82, 2.24) is 20.1 Å². The van der Waals surface area contributed by atoms with Crippen LogP contribution in [0.4, 0.5) is 9.18 Å². The van der Waals surface area contributed by atoms with Crippen LogP contribution in [0.1, 0.15) is 31.2 Å². The van der Waals surface area contributed by atoms with Gasteiger partial charge in [0.15, 0.2) is 0 Å². The quantitative estimate of drug-likeness (QED) is 0.294. The second kappa shape index (κ2) is 11.9. The van der Waals surface area contributed by atoms with Crippen molar-refractivity contribution in [2.75, 3.05) is 39.3 Å². The second-order valence-corrected chi connectivity index (χ2v) is 10.8. The molecule has 2 saturated heterocycles. The summed E-state index contributed by atoms with van der Waals surface area (Å²) in [5.74, 6) is 0.620. The van der Waals surface area contributed by atoms with E-state index in [9.17, 15) is 14.3 Å². The number of H-pyrrole nitrogens is 1. The number of carbonyl (C=O) groups is 1. The van der Waals surface area contributed by atoms with Gasteiger partial charge >= 0.3 is 6.09 Å². The molecule has 0 spiro atoms. The Morgan fingerprint density at radius 1 is 1.02 bits per heavy atom. The number of nitrogens with zero attached hydrogens (tertiary/aromatic N) is 2. The molecule has 40 heavy (non-hydrogen) atoms. The zero-order chi connectivity index (χ0) is 27.5. The fourth-order valence-corrected chi connectivity index (χ4v) is 5.63. The number of nitrogens with one attached hydrogen (secondary N) is 2. The van der Waals surface area contributed by atoms with E-state index in [1.165, 1.54) is 12.1 Å². The van der Waals surface area contributed by atoms with Gasteiger partial charge in [-0.1, -0.05) is 6.07 Å². The smallest absolute Gasteiger partial charge is 0.414 e. The van der Waals surface area contributed by atoms with E-state index in [1.54, 1.807) is 18.4 Å². The highest BCUT2D eigenvalue weighted by atomic mass is 19.1. The molecule has 212 valence electrons. The summed E-state index contributed by atoms with van der Waals surface area (Å²) >= 11 is 0. The topological polar surface area (TPSA) is 103 Å². The summed E-state index contributed by atoms with van der Waals surface area (Å²) in [6, 6.07) is 11.8. The van der Waals surface area contributed by atoms with Gasteiger partial charge in [-0.15, -0.1) is 0 Å². The molecule has 10 heteroatoms. The van der Waals surface area contributed by atoms with Gasteiger partial charge < -0.3 is 39.1 Å². The lowest BCUT2D eigenvalue weighted by Gasteiger charge is -2.35. The minimum absolute atomic E-state index is 0.0757. The first-order valence-corrected chi connectivity index (χ1v) is 14.0. The van der Waals surface area contributed by atoms with Crippen molar-refractivity contribution in [2.45, 2.75) is 44.4 Å². The zero-order valence-corrected chi connectivity index (χ0v) is 22.4. The first-order valence-electron chi connectivity index (χ1n) is 14.0. The van der Waals surface area contributed by atoms with E-state index in [4.69, 9.17) is 13.9 Å². The molecule has 2 aromatic carbocycles. The van der Waals surface area contributed by atoms with E-state index in [1.807, 2.05) is 18.2 Å². The molecule has 9 nitrogen and oxygen atoms in total. The molecule has 2 aliphatic rings. The van der Waals surface area contributed by atoms with Gasteiger partial charge in [0.2, 0.25) is 5.88 Å². The van der Waals surface area contributed by atoms with Gasteiger partial charge in [0.1, 0.15) is 23.8 Å². The third kappa shape index (κ3) is 6.24. The molecule has 6 rings (SSSR count). The Morgan fingerprint density at radius 2 is 1.77 bits per heavy atom. The molecule has 0 saturated carbocycles. The number of rotatable bonds is 8. The van der Waals surface area contributed by atoms with Gasteiger partial charge in [0.05, 0.1) is 17.9 Å². The molecular weight excluding hydrogens is 515 g/mol. The Kier molecular flexibility index (Phi) is 7.90. The van der Waals surface area contributed by atoms with Crippen molar-refractivity contribution in [3.63, 3.8) is 0 Å². The molecule has 0 atom stereocenters. The Balaban J connectivity index is 0.991. The minimum atomic E-state index is -0.480. The number of hydrogen-bond donors (Lipinski definition) is 3. The Bertz CT molecular complexity index is 1450. The molecule has 2 aliphatic heterocycles. The summed E-state index contributed by atoms with van der Waals surface area (Å²) in [6.07, 6.45) is 4.45. The second-order valence-electron chi connectivity index (χ2n) is 10.8. The van der Waals surface area contributed by atoms with Crippen molar-refractivity contribution in [3.05, 3.63) is 60.1 Å². The van der Waals surface area contributed by atoms with Crippen molar-refractivity contribution in [1.29, 1.82) is 0 Å². The number of likely N-dealkylation sites (tertiary alicyclic amines) is 2. The number of aromatic amines is 1. The van der Waals surface area contributed by atoms with Crippen LogP contribution in [0.5, 0.6) is 11.6 Å². The van der Waals surface area contributed by atoms with E-state index in [0.717, 1.165) is 81.4 Å². The Morgan fingerprint density at radius 3 is 2.55 bits per heavy atom. The fraction of sp³-hybridized carbons (Fsp3) is 0.433. The molecule has 0 aliphatic carbocycles. The standard InChI is InChI=1S/C30H35FN4O5/c31-21-4-5-28-24(16-21)20(19-39-28)18-38-27-3-1-2-26-25(27)17-29(33-26)40-30(37)32-22-6-10-34(11-7-22)14-15-35-12-8-23(36)9-13-35/h1-5,16-17,19,22-23,33,36H,6-15,18H2,(H,32,37). The minimum Gasteiger partial charge on any atom is -0.488 e. The number of furan rings is 1. The normalized spacial score (nSPS) is 17.9. The Hall–Kier alpha value is -3.60. The summed E-state index contributed by atoms with van der Waals surface area (Å²) in [7, 11) is 0. The van der Waals surface area contributed by atoms with Crippen LogP contribution in [0.2, 0.25) is 0 Å². The highest BCUT2D eigenvalue weighted by Gasteiger charge is 2.23. The number of benzene rings is 2. The van der Waals surface area contributed by atoms with Crippen molar-refractivity contribution in [3.8, 4) is 11.6 Å².